The summed E-state index contributed by atoms with van der Waals surface area (Å²) >= 11 is 11.3. The third-order valence-electron chi connectivity index (χ3n) is 1.45. The van der Waals surface area contributed by atoms with Crippen LogP contribution in [0.1, 0.15) is 6.92 Å². The van der Waals surface area contributed by atoms with Crippen LogP contribution in [0.3, 0.4) is 0 Å². The lowest BCUT2D eigenvalue weighted by atomic mass is 10.3. The zero-order valence-electron chi connectivity index (χ0n) is 7.47. The average molecular weight is 231 g/mol. The van der Waals surface area contributed by atoms with E-state index in [1.54, 1.807) is 19.1 Å². The molecule has 0 bridgehead atoms. The standard InChI is InChI=1S/C9H8Cl2N2O/c1-5(2)9(14)12-6-3-4-7(10)13-8(6)11/h3-4H,1H2,2H3,(H,12,14). The maximum atomic E-state index is 11.2. The Morgan fingerprint density at radius 1 is 1.50 bits per heavy atom. The number of anilines is 1. The summed E-state index contributed by atoms with van der Waals surface area (Å²) in [4.78, 5) is 15.0. The average Bonchev–Trinajstić information content (AvgIpc) is 2.09. The Morgan fingerprint density at radius 3 is 2.64 bits per heavy atom. The number of nitrogens with one attached hydrogen (secondary N) is 1. The van der Waals surface area contributed by atoms with Gasteiger partial charge in [-0.25, -0.2) is 4.98 Å². The molecule has 14 heavy (non-hydrogen) atoms. The number of hydrogen-bond donors (Lipinski definition) is 1. The maximum Gasteiger partial charge on any atom is 0.250 e. The van der Waals surface area contributed by atoms with Gasteiger partial charge < -0.3 is 5.32 Å². The van der Waals surface area contributed by atoms with Crippen molar-refractivity contribution >= 4 is 34.8 Å². The van der Waals surface area contributed by atoms with Crippen molar-refractivity contribution in [1.29, 1.82) is 0 Å². The third kappa shape index (κ3) is 2.72. The van der Waals surface area contributed by atoms with Crippen LogP contribution < -0.4 is 5.32 Å². The molecular formula is C9H8Cl2N2O. The minimum absolute atomic E-state index is 0.159. The van der Waals surface area contributed by atoms with Crippen molar-refractivity contribution in [3.63, 3.8) is 0 Å². The van der Waals surface area contributed by atoms with Gasteiger partial charge in [0.2, 0.25) is 0 Å². The largest absolute Gasteiger partial charge is 0.320 e. The highest BCUT2D eigenvalue weighted by Gasteiger charge is 2.07. The zero-order valence-corrected chi connectivity index (χ0v) is 8.99. The van der Waals surface area contributed by atoms with Gasteiger partial charge in [0.25, 0.3) is 5.91 Å². The quantitative estimate of drug-likeness (QED) is 0.628. The first-order chi connectivity index (χ1) is 6.50. The van der Waals surface area contributed by atoms with Crippen LogP contribution in [-0.4, -0.2) is 10.9 Å². The molecule has 0 aliphatic rings. The van der Waals surface area contributed by atoms with E-state index in [1.165, 1.54) is 0 Å². The Hall–Kier alpha value is -1.06. The van der Waals surface area contributed by atoms with E-state index in [9.17, 15) is 4.79 Å². The van der Waals surface area contributed by atoms with Crippen molar-refractivity contribution < 1.29 is 4.79 Å². The predicted octanol–water partition coefficient (Wildman–Crippen LogP) is 2.90. The molecule has 1 heterocycles. The molecule has 1 aromatic rings. The van der Waals surface area contributed by atoms with Crippen LogP contribution in [0, 0.1) is 0 Å². The lowest BCUT2D eigenvalue weighted by Crippen LogP contribution is -2.12. The molecule has 74 valence electrons. The van der Waals surface area contributed by atoms with Crippen LogP contribution in [0.2, 0.25) is 10.3 Å². The third-order valence-corrected chi connectivity index (χ3v) is 1.95. The molecule has 0 fully saturated rings. The lowest BCUT2D eigenvalue weighted by Gasteiger charge is -2.05. The molecule has 0 aromatic carbocycles. The van der Waals surface area contributed by atoms with E-state index < -0.39 is 0 Å². The number of amides is 1. The normalized spacial score (nSPS) is 9.64. The van der Waals surface area contributed by atoms with E-state index in [2.05, 4.69) is 16.9 Å². The second kappa shape index (κ2) is 4.44. The molecule has 1 amide bonds. The Kier molecular flexibility index (Phi) is 3.49. The van der Waals surface area contributed by atoms with Crippen molar-refractivity contribution in [3.8, 4) is 0 Å². The first kappa shape index (κ1) is 11.0. The van der Waals surface area contributed by atoms with Crippen LogP contribution in [0.25, 0.3) is 0 Å². The molecule has 3 nitrogen and oxygen atoms in total. The monoisotopic (exact) mass is 230 g/mol. The fourth-order valence-corrected chi connectivity index (χ4v) is 1.13. The molecule has 1 aromatic heterocycles. The van der Waals surface area contributed by atoms with E-state index in [4.69, 9.17) is 23.2 Å². The van der Waals surface area contributed by atoms with Crippen molar-refractivity contribution in [1.82, 2.24) is 4.98 Å². The van der Waals surface area contributed by atoms with Crippen molar-refractivity contribution in [2.45, 2.75) is 6.92 Å². The molecule has 0 saturated heterocycles. The summed E-state index contributed by atoms with van der Waals surface area (Å²) in [6, 6.07) is 3.12. The Labute approximate surface area is 91.7 Å². The van der Waals surface area contributed by atoms with E-state index in [-0.39, 0.29) is 16.2 Å². The summed E-state index contributed by atoms with van der Waals surface area (Å²) in [5, 5.41) is 2.99. The summed E-state index contributed by atoms with van der Waals surface area (Å²) in [6.45, 7) is 5.10. The number of pyridine rings is 1. The van der Waals surface area contributed by atoms with Crippen molar-refractivity contribution in [3.05, 3.63) is 34.6 Å². The van der Waals surface area contributed by atoms with Crippen LogP contribution >= 0.6 is 23.2 Å². The molecule has 0 unspecified atom stereocenters. The summed E-state index contributed by atoms with van der Waals surface area (Å²) < 4.78 is 0. The highest BCUT2D eigenvalue weighted by molar-refractivity contribution is 6.34. The van der Waals surface area contributed by atoms with Crippen LogP contribution in [0.5, 0.6) is 0 Å². The molecule has 0 radical (unpaired) electrons. The SMILES string of the molecule is C=C(C)C(=O)Nc1ccc(Cl)nc1Cl. The molecule has 0 aliphatic carbocycles. The van der Waals surface area contributed by atoms with E-state index in [0.29, 0.717) is 11.3 Å². The van der Waals surface area contributed by atoms with E-state index in [0.717, 1.165) is 0 Å². The smallest absolute Gasteiger partial charge is 0.250 e. The fourth-order valence-electron chi connectivity index (χ4n) is 0.734. The zero-order chi connectivity index (χ0) is 10.7. The first-order valence-electron chi connectivity index (χ1n) is 3.79. The number of hydrogen-bond acceptors (Lipinski definition) is 2. The Morgan fingerprint density at radius 2 is 2.14 bits per heavy atom. The minimum atomic E-state index is -0.295. The lowest BCUT2D eigenvalue weighted by molar-refractivity contribution is -0.112. The van der Waals surface area contributed by atoms with Gasteiger partial charge in [-0.05, 0) is 19.1 Å². The van der Waals surface area contributed by atoms with E-state index in [1.807, 2.05) is 0 Å². The van der Waals surface area contributed by atoms with Crippen LogP contribution in [0.4, 0.5) is 5.69 Å². The second-order valence-electron chi connectivity index (χ2n) is 2.71. The van der Waals surface area contributed by atoms with Gasteiger partial charge in [-0.3, -0.25) is 4.79 Å². The second-order valence-corrected chi connectivity index (χ2v) is 3.45. The molecule has 5 heteroatoms. The summed E-state index contributed by atoms with van der Waals surface area (Å²) in [5.74, 6) is -0.295. The summed E-state index contributed by atoms with van der Waals surface area (Å²) in [5.41, 5.74) is 0.820. The van der Waals surface area contributed by atoms with Gasteiger partial charge in [0, 0.05) is 5.57 Å². The van der Waals surface area contributed by atoms with Crippen molar-refractivity contribution in [2.24, 2.45) is 0 Å². The number of carbonyl (C=O) groups excluding carboxylic acids is 1. The number of halogens is 2. The summed E-state index contributed by atoms with van der Waals surface area (Å²) in [6.07, 6.45) is 0. The maximum absolute atomic E-state index is 11.2. The number of nitrogens with zero attached hydrogens (tertiary/aromatic N) is 1. The molecule has 0 spiro atoms. The van der Waals surface area contributed by atoms with Crippen LogP contribution in [0.15, 0.2) is 24.3 Å². The molecule has 0 aliphatic heterocycles. The highest BCUT2D eigenvalue weighted by atomic mass is 35.5. The molecule has 0 atom stereocenters. The molecule has 1 N–H and O–H groups in total. The first-order valence-corrected chi connectivity index (χ1v) is 4.55. The van der Waals surface area contributed by atoms with E-state index >= 15 is 0 Å². The van der Waals surface area contributed by atoms with Gasteiger partial charge in [-0.15, -0.1) is 0 Å². The van der Waals surface area contributed by atoms with Gasteiger partial charge in [0.05, 0.1) is 5.69 Å². The van der Waals surface area contributed by atoms with Gasteiger partial charge in [-0.1, -0.05) is 29.8 Å². The molecular weight excluding hydrogens is 223 g/mol. The minimum Gasteiger partial charge on any atom is -0.320 e. The Bertz CT molecular complexity index is 390. The van der Waals surface area contributed by atoms with Gasteiger partial charge >= 0.3 is 0 Å². The predicted molar refractivity (Wildman–Crippen MR) is 57.7 cm³/mol. The van der Waals surface area contributed by atoms with Crippen LogP contribution in [-0.2, 0) is 4.79 Å². The summed E-state index contributed by atoms with van der Waals surface area (Å²) in [7, 11) is 0. The van der Waals surface area contributed by atoms with Gasteiger partial charge in [0.15, 0.2) is 5.15 Å². The van der Waals surface area contributed by atoms with Gasteiger partial charge in [0.1, 0.15) is 5.15 Å². The number of carbonyl (C=O) groups is 1. The number of aromatic nitrogens is 1. The van der Waals surface area contributed by atoms with Crippen molar-refractivity contribution in [2.75, 3.05) is 5.32 Å². The fraction of sp³-hybridized carbons (Fsp3) is 0.111. The number of rotatable bonds is 2. The highest BCUT2D eigenvalue weighted by Crippen LogP contribution is 2.21. The molecule has 0 saturated carbocycles. The topological polar surface area (TPSA) is 42.0 Å². The molecule has 1 rings (SSSR count). The van der Waals surface area contributed by atoms with Gasteiger partial charge in [-0.2, -0.15) is 0 Å². The Balaban J connectivity index is 2.87.